The topological polar surface area (TPSA) is 94.8 Å². The van der Waals surface area contributed by atoms with Crippen LogP contribution in [0.3, 0.4) is 0 Å². The molecule has 2 aliphatic carbocycles. The fourth-order valence-electron chi connectivity index (χ4n) is 6.22. The van der Waals surface area contributed by atoms with Crippen LogP contribution in [0.5, 0.6) is 0 Å². The van der Waals surface area contributed by atoms with Crippen LogP contribution in [0.25, 0.3) is 0 Å². The summed E-state index contributed by atoms with van der Waals surface area (Å²) in [5, 5.41) is 31.4. The standard InChI is InChI=1S/C28H50O5/c1-27(2,19-29)17-7-13-20-9-5-11-22(24(20)30)15-16-23-12-6-10-21(25(23)31)14-8-18-28(3,4)26(32)33/h19-25,30-31H,5-18H2,1-4H3,(H,32,33). The normalized spacial score (nSPS) is 31.3. The van der Waals surface area contributed by atoms with Gasteiger partial charge < -0.3 is 20.1 Å². The fraction of sp³-hybridized carbons (Fsp3) is 0.929. The molecule has 192 valence electrons. The summed E-state index contributed by atoms with van der Waals surface area (Å²) in [6, 6.07) is 0. The number of carboxylic acid groups (broad SMARTS) is 1. The SMILES string of the molecule is CC(C)(C=O)CCCC1CCCC(CCC2CCCC(CCCC(C)(C)C(=O)O)C2O)C1O. The van der Waals surface area contributed by atoms with Crippen LogP contribution in [0.4, 0.5) is 0 Å². The van der Waals surface area contributed by atoms with Crippen molar-refractivity contribution in [2.45, 2.75) is 130 Å². The highest BCUT2D eigenvalue weighted by Crippen LogP contribution is 2.40. The van der Waals surface area contributed by atoms with E-state index in [0.717, 1.165) is 83.3 Å². The molecular weight excluding hydrogens is 416 g/mol. The molecule has 0 bridgehead atoms. The molecule has 0 radical (unpaired) electrons. The summed E-state index contributed by atoms with van der Waals surface area (Å²) in [7, 11) is 0. The number of carboxylic acids is 1. The second-order valence-electron chi connectivity index (χ2n) is 12.5. The molecule has 5 heteroatoms. The number of aliphatic hydroxyl groups is 2. The van der Waals surface area contributed by atoms with Crippen molar-refractivity contribution in [3.8, 4) is 0 Å². The van der Waals surface area contributed by atoms with Gasteiger partial charge in [-0.1, -0.05) is 39.5 Å². The van der Waals surface area contributed by atoms with Crippen LogP contribution >= 0.6 is 0 Å². The molecular formula is C28H50O5. The number of carbonyl (C=O) groups excluding carboxylic acids is 1. The Morgan fingerprint density at radius 2 is 1.15 bits per heavy atom. The van der Waals surface area contributed by atoms with Gasteiger partial charge in [0, 0.05) is 5.41 Å². The van der Waals surface area contributed by atoms with Gasteiger partial charge in [-0.25, -0.2) is 0 Å². The zero-order valence-corrected chi connectivity index (χ0v) is 21.6. The lowest BCUT2D eigenvalue weighted by Crippen LogP contribution is -2.36. The van der Waals surface area contributed by atoms with Crippen LogP contribution in [0, 0.1) is 34.5 Å². The molecule has 6 atom stereocenters. The lowest BCUT2D eigenvalue weighted by atomic mass is 9.70. The second kappa shape index (κ2) is 12.7. The Morgan fingerprint density at radius 1 is 0.758 bits per heavy atom. The van der Waals surface area contributed by atoms with E-state index in [1.807, 2.05) is 13.8 Å². The third kappa shape index (κ3) is 8.65. The predicted molar refractivity (Wildman–Crippen MR) is 132 cm³/mol. The van der Waals surface area contributed by atoms with Crippen LogP contribution in [0.2, 0.25) is 0 Å². The van der Waals surface area contributed by atoms with Crippen molar-refractivity contribution in [3.63, 3.8) is 0 Å². The van der Waals surface area contributed by atoms with E-state index in [1.165, 1.54) is 6.42 Å². The van der Waals surface area contributed by atoms with Crippen molar-refractivity contribution >= 4 is 12.3 Å². The van der Waals surface area contributed by atoms with Crippen molar-refractivity contribution in [2.24, 2.45) is 34.5 Å². The predicted octanol–water partition coefficient (Wildman–Crippen LogP) is 6.00. The molecule has 2 fully saturated rings. The van der Waals surface area contributed by atoms with Gasteiger partial charge in [0.25, 0.3) is 0 Å². The average molecular weight is 467 g/mol. The molecule has 0 saturated heterocycles. The summed E-state index contributed by atoms with van der Waals surface area (Å²) in [5.41, 5.74) is -0.967. The largest absolute Gasteiger partial charge is 0.481 e. The quantitative estimate of drug-likeness (QED) is 0.289. The van der Waals surface area contributed by atoms with Gasteiger partial charge in [-0.15, -0.1) is 0 Å². The van der Waals surface area contributed by atoms with Gasteiger partial charge in [-0.2, -0.15) is 0 Å². The number of hydrogen-bond acceptors (Lipinski definition) is 4. The number of aliphatic hydroxyl groups excluding tert-OH is 2. The number of aliphatic carboxylic acids is 1. The average Bonchev–Trinajstić information content (AvgIpc) is 2.75. The molecule has 2 saturated carbocycles. The van der Waals surface area contributed by atoms with Gasteiger partial charge in [0.2, 0.25) is 0 Å². The lowest BCUT2D eigenvalue weighted by molar-refractivity contribution is -0.147. The molecule has 5 nitrogen and oxygen atoms in total. The van der Waals surface area contributed by atoms with Crippen molar-refractivity contribution in [3.05, 3.63) is 0 Å². The lowest BCUT2D eigenvalue weighted by Gasteiger charge is -2.39. The molecule has 0 aromatic heterocycles. The minimum Gasteiger partial charge on any atom is -0.481 e. The third-order valence-electron chi connectivity index (χ3n) is 8.81. The Bertz CT molecular complexity index is 613. The third-order valence-corrected chi connectivity index (χ3v) is 8.81. The summed E-state index contributed by atoms with van der Waals surface area (Å²) >= 11 is 0. The molecule has 0 aliphatic heterocycles. The molecule has 0 spiro atoms. The number of rotatable bonds is 13. The zero-order chi connectivity index (χ0) is 24.6. The smallest absolute Gasteiger partial charge is 0.309 e. The first-order valence-corrected chi connectivity index (χ1v) is 13.5. The highest BCUT2D eigenvalue weighted by molar-refractivity contribution is 5.73. The van der Waals surface area contributed by atoms with Crippen molar-refractivity contribution in [1.82, 2.24) is 0 Å². The zero-order valence-electron chi connectivity index (χ0n) is 21.6. The number of carbonyl (C=O) groups is 2. The van der Waals surface area contributed by atoms with Gasteiger partial charge in [-0.3, -0.25) is 4.79 Å². The summed E-state index contributed by atoms with van der Waals surface area (Å²) < 4.78 is 0. The van der Waals surface area contributed by atoms with Gasteiger partial charge in [0.15, 0.2) is 0 Å². The number of hydrogen-bond donors (Lipinski definition) is 3. The Balaban J connectivity index is 1.78. The van der Waals surface area contributed by atoms with E-state index in [-0.39, 0.29) is 23.5 Å². The molecule has 0 aromatic rings. The van der Waals surface area contributed by atoms with Crippen molar-refractivity contribution in [1.29, 1.82) is 0 Å². The molecule has 0 heterocycles. The maximum absolute atomic E-state index is 11.3. The first kappa shape index (κ1) is 28.3. The molecule has 2 aliphatic rings. The van der Waals surface area contributed by atoms with Crippen LogP contribution in [-0.4, -0.2) is 39.8 Å². The van der Waals surface area contributed by atoms with E-state index < -0.39 is 11.4 Å². The maximum atomic E-state index is 11.3. The van der Waals surface area contributed by atoms with Crippen LogP contribution in [0.15, 0.2) is 0 Å². The Kier molecular flexibility index (Phi) is 10.9. The van der Waals surface area contributed by atoms with E-state index >= 15 is 0 Å². The Morgan fingerprint density at radius 3 is 1.55 bits per heavy atom. The highest BCUT2D eigenvalue weighted by Gasteiger charge is 2.36. The van der Waals surface area contributed by atoms with E-state index in [2.05, 4.69) is 0 Å². The van der Waals surface area contributed by atoms with E-state index in [4.69, 9.17) is 0 Å². The van der Waals surface area contributed by atoms with Gasteiger partial charge in [-0.05, 0) is 102 Å². The maximum Gasteiger partial charge on any atom is 0.309 e. The van der Waals surface area contributed by atoms with E-state index in [0.29, 0.717) is 24.2 Å². The summed E-state index contributed by atoms with van der Waals surface area (Å²) in [6.07, 6.45) is 14.3. The fourth-order valence-corrected chi connectivity index (χ4v) is 6.22. The van der Waals surface area contributed by atoms with Crippen molar-refractivity contribution in [2.75, 3.05) is 0 Å². The highest BCUT2D eigenvalue weighted by atomic mass is 16.4. The molecule has 0 amide bonds. The summed E-state index contributed by atoms with van der Waals surface area (Å²) in [5.74, 6) is 0.497. The molecule has 6 unspecified atom stereocenters. The molecule has 3 N–H and O–H groups in total. The first-order valence-electron chi connectivity index (χ1n) is 13.5. The van der Waals surface area contributed by atoms with Gasteiger partial charge >= 0.3 is 5.97 Å². The Labute approximate surface area is 201 Å². The second-order valence-corrected chi connectivity index (χ2v) is 12.5. The summed E-state index contributed by atoms with van der Waals surface area (Å²) in [4.78, 5) is 22.5. The van der Waals surface area contributed by atoms with Crippen LogP contribution < -0.4 is 0 Å². The van der Waals surface area contributed by atoms with Crippen LogP contribution in [-0.2, 0) is 9.59 Å². The minimum absolute atomic E-state index is 0.257. The summed E-state index contributed by atoms with van der Waals surface area (Å²) in [6.45, 7) is 7.52. The van der Waals surface area contributed by atoms with Gasteiger partial charge in [0.05, 0.1) is 17.6 Å². The Hall–Kier alpha value is -0.940. The first-order chi connectivity index (χ1) is 15.5. The monoisotopic (exact) mass is 466 g/mol. The van der Waals surface area contributed by atoms with E-state index in [9.17, 15) is 24.9 Å². The minimum atomic E-state index is -0.749. The van der Waals surface area contributed by atoms with E-state index in [1.54, 1.807) is 13.8 Å². The molecule has 0 aromatic carbocycles. The van der Waals surface area contributed by atoms with Crippen LogP contribution in [0.1, 0.15) is 118 Å². The number of aldehydes is 1. The van der Waals surface area contributed by atoms with Gasteiger partial charge in [0.1, 0.15) is 6.29 Å². The molecule has 2 rings (SSSR count). The molecule has 33 heavy (non-hydrogen) atoms. The van der Waals surface area contributed by atoms with Crippen molar-refractivity contribution < 1.29 is 24.9 Å².